The third kappa shape index (κ3) is 5.36. The number of sulfonamides is 1. The van der Waals surface area contributed by atoms with Crippen LogP contribution in [0.4, 0.5) is 0 Å². The fraction of sp³-hybridized carbons (Fsp3) is 0.545. The van der Waals surface area contributed by atoms with Crippen molar-refractivity contribution in [2.24, 2.45) is 0 Å². The van der Waals surface area contributed by atoms with Gasteiger partial charge in [0.05, 0.1) is 23.8 Å². The maximum absolute atomic E-state index is 13.2. The minimum Gasteiger partial charge on any atom is -0.494 e. The van der Waals surface area contributed by atoms with E-state index >= 15 is 0 Å². The summed E-state index contributed by atoms with van der Waals surface area (Å²) in [7, 11) is -3.58. The predicted octanol–water partition coefficient (Wildman–Crippen LogP) is 3.68. The maximum Gasteiger partial charge on any atom is 0.243 e. The van der Waals surface area contributed by atoms with E-state index in [9.17, 15) is 8.42 Å². The molecule has 0 aliphatic carbocycles. The highest BCUT2D eigenvalue weighted by Crippen LogP contribution is 2.31. The first-order valence-electron chi connectivity index (χ1n) is 10.6. The molecule has 1 atom stereocenters. The first kappa shape index (κ1) is 22.7. The quantitative estimate of drug-likeness (QED) is 0.600. The summed E-state index contributed by atoms with van der Waals surface area (Å²) in [6, 6.07) is 6.69. The van der Waals surface area contributed by atoms with Crippen LogP contribution in [-0.2, 0) is 21.4 Å². The lowest BCUT2D eigenvalue weighted by Gasteiger charge is -2.32. The molecule has 164 valence electrons. The summed E-state index contributed by atoms with van der Waals surface area (Å²) < 4.78 is 39.2. The molecular weight excluding hydrogens is 402 g/mol. The summed E-state index contributed by atoms with van der Waals surface area (Å²) >= 11 is 0. The Morgan fingerprint density at radius 1 is 1.20 bits per heavy atom. The first-order valence-corrected chi connectivity index (χ1v) is 12.0. The van der Waals surface area contributed by atoms with Gasteiger partial charge < -0.3 is 9.47 Å². The lowest BCUT2D eigenvalue weighted by molar-refractivity contribution is 0.132. The first-order chi connectivity index (χ1) is 14.5. The van der Waals surface area contributed by atoms with Gasteiger partial charge in [0, 0.05) is 37.4 Å². The molecule has 3 rings (SSSR count). The van der Waals surface area contributed by atoms with Crippen LogP contribution in [0.2, 0.25) is 0 Å². The molecule has 2 aromatic rings. The normalized spacial score (nSPS) is 17.8. The van der Waals surface area contributed by atoms with Crippen molar-refractivity contribution < 1.29 is 17.9 Å². The smallest absolute Gasteiger partial charge is 0.243 e. The summed E-state index contributed by atoms with van der Waals surface area (Å²) in [6.45, 7) is 8.41. The molecule has 0 amide bonds. The Balaban J connectivity index is 1.79. The van der Waals surface area contributed by atoms with E-state index in [1.165, 1.54) is 0 Å². The molecule has 8 heteroatoms. The molecule has 0 spiro atoms. The summed E-state index contributed by atoms with van der Waals surface area (Å²) in [6.07, 6.45) is 4.39. The molecule has 0 saturated carbocycles. The van der Waals surface area contributed by atoms with Crippen LogP contribution in [0.3, 0.4) is 0 Å². The van der Waals surface area contributed by atoms with Crippen LogP contribution < -0.4 is 4.74 Å². The molecule has 30 heavy (non-hydrogen) atoms. The molecule has 0 bridgehead atoms. The lowest BCUT2D eigenvalue weighted by atomic mass is 9.93. The van der Waals surface area contributed by atoms with Gasteiger partial charge >= 0.3 is 0 Å². The van der Waals surface area contributed by atoms with Gasteiger partial charge in [0.1, 0.15) is 11.6 Å². The standard InChI is InChI=1S/C22H31N3O4S/c1-4-13-29-20-8-10-21(11-9-20)30(26,27)25-12-6-7-18(15-25)22-19(16-28-5-2)14-23-17(3)24-22/h8-11,14,18H,4-7,12-13,15-16H2,1-3H3. The SMILES string of the molecule is CCCOc1ccc(S(=O)(=O)N2CCCC(c3nc(C)ncc3COCC)C2)cc1. The number of benzene rings is 1. The number of aromatic nitrogens is 2. The Morgan fingerprint density at radius 2 is 1.97 bits per heavy atom. The molecular formula is C22H31N3O4S. The van der Waals surface area contributed by atoms with Gasteiger partial charge in [-0.05, 0) is 57.4 Å². The second-order valence-corrected chi connectivity index (χ2v) is 9.42. The van der Waals surface area contributed by atoms with Crippen LogP contribution in [0.25, 0.3) is 0 Å². The number of piperidine rings is 1. The third-order valence-electron chi connectivity index (χ3n) is 5.19. The van der Waals surface area contributed by atoms with Crippen molar-refractivity contribution >= 4 is 10.0 Å². The number of hydrogen-bond acceptors (Lipinski definition) is 6. The minimum atomic E-state index is -3.58. The average Bonchev–Trinajstić information content (AvgIpc) is 2.77. The summed E-state index contributed by atoms with van der Waals surface area (Å²) in [5.74, 6) is 1.40. The Bertz CT molecular complexity index is 932. The molecule has 0 N–H and O–H groups in total. The van der Waals surface area contributed by atoms with Gasteiger partial charge in [-0.1, -0.05) is 6.92 Å². The van der Waals surface area contributed by atoms with Crippen molar-refractivity contribution in [3.63, 3.8) is 0 Å². The number of rotatable bonds is 9. The zero-order valence-corrected chi connectivity index (χ0v) is 18.8. The van der Waals surface area contributed by atoms with Crippen LogP contribution in [0, 0.1) is 6.92 Å². The number of aryl methyl sites for hydroxylation is 1. The van der Waals surface area contributed by atoms with Crippen LogP contribution >= 0.6 is 0 Å². The van der Waals surface area contributed by atoms with Crippen molar-refractivity contribution in [2.75, 3.05) is 26.3 Å². The van der Waals surface area contributed by atoms with Gasteiger partial charge in [0.25, 0.3) is 0 Å². The monoisotopic (exact) mass is 433 g/mol. The topological polar surface area (TPSA) is 81.6 Å². The molecule has 2 heterocycles. The fourth-order valence-corrected chi connectivity index (χ4v) is 5.17. The van der Waals surface area contributed by atoms with Crippen LogP contribution in [0.1, 0.15) is 56.1 Å². The Kier molecular flexibility index (Phi) is 7.80. The predicted molar refractivity (Wildman–Crippen MR) is 115 cm³/mol. The number of ether oxygens (including phenoxy) is 2. The summed E-state index contributed by atoms with van der Waals surface area (Å²) in [5, 5.41) is 0. The number of nitrogens with zero attached hydrogens (tertiary/aromatic N) is 3. The second kappa shape index (κ2) is 10.3. The van der Waals surface area contributed by atoms with E-state index in [0.29, 0.717) is 49.4 Å². The molecule has 1 unspecified atom stereocenters. The van der Waals surface area contributed by atoms with E-state index < -0.39 is 10.0 Å². The van der Waals surface area contributed by atoms with Crippen molar-refractivity contribution in [3.05, 3.63) is 47.5 Å². The highest BCUT2D eigenvalue weighted by Gasteiger charge is 2.32. The Hall–Kier alpha value is -2.03. The average molecular weight is 434 g/mol. The Labute approximate surface area is 179 Å². The van der Waals surface area contributed by atoms with Crippen LogP contribution in [0.15, 0.2) is 35.4 Å². The van der Waals surface area contributed by atoms with Crippen molar-refractivity contribution in [3.8, 4) is 5.75 Å². The molecule has 1 aliphatic heterocycles. The van der Waals surface area contributed by atoms with E-state index in [2.05, 4.69) is 9.97 Å². The molecule has 1 saturated heterocycles. The van der Waals surface area contributed by atoms with E-state index in [0.717, 1.165) is 30.5 Å². The van der Waals surface area contributed by atoms with Crippen molar-refractivity contribution in [1.29, 1.82) is 0 Å². The molecule has 0 radical (unpaired) electrons. The molecule has 7 nitrogen and oxygen atoms in total. The van der Waals surface area contributed by atoms with Gasteiger partial charge in [-0.3, -0.25) is 0 Å². The van der Waals surface area contributed by atoms with Gasteiger partial charge in [-0.15, -0.1) is 0 Å². The van der Waals surface area contributed by atoms with Crippen molar-refractivity contribution in [1.82, 2.24) is 14.3 Å². The van der Waals surface area contributed by atoms with Crippen molar-refractivity contribution in [2.45, 2.75) is 57.5 Å². The maximum atomic E-state index is 13.2. The largest absolute Gasteiger partial charge is 0.494 e. The van der Waals surface area contributed by atoms with Gasteiger partial charge in [0.2, 0.25) is 10.0 Å². The van der Waals surface area contributed by atoms with E-state index in [1.54, 1.807) is 34.8 Å². The van der Waals surface area contributed by atoms with Gasteiger partial charge in [0.15, 0.2) is 0 Å². The lowest BCUT2D eigenvalue weighted by Crippen LogP contribution is -2.39. The molecule has 1 fully saturated rings. The van der Waals surface area contributed by atoms with Gasteiger partial charge in [-0.2, -0.15) is 4.31 Å². The van der Waals surface area contributed by atoms with E-state index in [1.807, 2.05) is 20.8 Å². The van der Waals surface area contributed by atoms with Gasteiger partial charge in [-0.25, -0.2) is 18.4 Å². The third-order valence-corrected chi connectivity index (χ3v) is 7.06. The highest BCUT2D eigenvalue weighted by atomic mass is 32.2. The number of hydrogen-bond donors (Lipinski definition) is 0. The summed E-state index contributed by atoms with van der Waals surface area (Å²) in [4.78, 5) is 9.24. The minimum absolute atomic E-state index is 0.0258. The molecule has 1 aromatic carbocycles. The van der Waals surface area contributed by atoms with Crippen LogP contribution in [0.5, 0.6) is 5.75 Å². The fourth-order valence-electron chi connectivity index (χ4n) is 3.65. The summed E-state index contributed by atoms with van der Waals surface area (Å²) in [5.41, 5.74) is 1.84. The molecule has 1 aromatic heterocycles. The highest BCUT2D eigenvalue weighted by molar-refractivity contribution is 7.89. The Morgan fingerprint density at radius 3 is 2.67 bits per heavy atom. The van der Waals surface area contributed by atoms with E-state index in [4.69, 9.17) is 9.47 Å². The molecule has 1 aliphatic rings. The zero-order chi connectivity index (χ0) is 21.6. The van der Waals surface area contributed by atoms with Crippen LogP contribution in [-0.4, -0.2) is 49.0 Å². The zero-order valence-electron chi connectivity index (χ0n) is 18.0. The van der Waals surface area contributed by atoms with E-state index in [-0.39, 0.29) is 5.92 Å². The second-order valence-electron chi connectivity index (χ2n) is 7.49.